The van der Waals surface area contributed by atoms with Crippen LogP contribution in [0.2, 0.25) is 5.02 Å². The summed E-state index contributed by atoms with van der Waals surface area (Å²) in [6, 6.07) is 12.9. The Morgan fingerprint density at radius 2 is 1.74 bits per heavy atom. The number of rotatable bonds is 4. The van der Waals surface area contributed by atoms with Crippen LogP contribution in [0.25, 0.3) is 10.8 Å². The van der Waals surface area contributed by atoms with Gasteiger partial charge in [-0.05, 0) is 35.9 Å². The highest BCUT2D eigenvalue weighted by atomic mass is 35.5. The first-order valence-electron chi connectivity index (χ1n) is 6.85. The molecule has 19 heavy (non-hydrogen) atoms. The van der Waals surface area contributed by atoms with E-state index < -0.39 is 0 Å². The van der Waals surface area contributed by atoms with Crippen LogP contribution in [0, 0.1) is 5.41 Å². The Bertz CT molecular complexity index is 574. The molecule has 0 amide bonds. The summed E-state index contributed by atoms with van der Waals surface area (Å²) in [4.78, 5) is 0. The molecule has 102 valence electrons. The van der Waals surface area contributed by atoms with E-state index in [1.54, 1.807) is 0 Å². The van der Waals surface area contributed by atoms with Crippen molar-refractivity contribution < 1.29 is 0 Å². The molecule has 0 aliphatic carbocycles. The highest BCUT2D eigenvalue weighted by molar-refractivity contribution is 6.35. The first kappa shape index (κ1) is 14.4. The van der Waals surface area contributed by atoms with Gasteiger partial charge in [0.2, 0.25) is 0 Å². The van der Waals surface area contributed by atoms with Crippen molar-refractivity contribution in [1.29, 1.82) is 0 Å². The zero-order valence-electron chi connectivity index (χ0n) is 12.1. The normalized spacial score (nSPS) is 13.7. The first-order valence-corrected chi connectivity index (χ1v) is 7.23. The minimum atomic E-state index is 0.200. The highest BCUT2D eigenvalue weighted by Crippen LogP contribution is 2.40. The molecule has 0 spiro atoms. The molecular formula is C17H22ClN. The van der Waals surface area contributed by atoms with Gasteiger partial charge < -0.3 is 5.32 Å². The van der Waals surface area contributed by atoms with Crippen molar-refractivity contribution in [2.75, 3.05) is 7.05 Å². The molecule has 0 fully saturated rings. The molecule has 2 aromatic rings. The smallest absolute Gasteiger partial charge is 0.0484 e. The van der Waals surface area contributed by atoms with Crippen LogP contribution in [-0.4, -0.2) is 7.05 Å². The van der Waals surface area contributed by atoms with Crippen molar-refractivity contribution in [2.24, 2.45) is 5.41 Å². The van der Waals surface area contributed by atoms with Gasteiger partial charge in [0.25, 0.3) is 0 Å². The monoisotopic (exact) mass is 275 g/mol. The van der Waals surface area contributed by atoms with E-state index in [-0.39, 0.29) is 5.41 Å². The molecule has 2 rings (SSSR count). The second-order valence-corrected chi connectivity index (χ2v) is 6.15. The van der Waals surface area contributed by atoms with Crippen LogP contribution in [0.15, 0.2) is 36.4 Å². The van der Waals surface area contributed by atoms with Crippen LogP contribution in [-0.2, 0) is 0 Å². The van der Waals surface area contributed by atoms with E-state index in [0.29, 0.717) is 6.04 Å². The highest BCUT2D eigenvalue weighted by Gasteiger charge is 2.29. The first-order chi connectivity index (χ1) is 9.01. The molecule has 1 nitrogen and oxygen atoms in total. The van der Waals surface area contributed by atoms with Crippen molar-refractivity contribution in [3.63, 3.8) is 0 Å². The quantitative estimate of drug-likeness (QED) is 0.810. The van der Waals surface area contributed by atoms with Crippen LogP contribution in [0.3, 0.4) is 0 Å². The lowest BCUT2D eigenvalue weighted by atomic mass is 9.77. The molecule has 0 radical (unpaired) electrons. The van der Waals surface area contributed by atoms with E-state index in [4.69, 9.17) is 11.6 Å². The molecule has 0 aliphatic heterocycles. The number of nitrogens with one attached hydrogen (secondary N) is 1. The maximum absolute atomic E-state index is 6.30. The van der Waals surface area contributed by atoms with Crippen molar-refractivity contribution in [1.82, 2.24) is 5.32 Å². The zero-order chi connectivity index (χ0) is 14.0. The fourth-order valence-corrected chi connectivity index (χ4v) is 2.94. The Balaban J connectivity index is 2.65. The van der Waals surface area contributed by atoms with Crippen molar-refractivity contribution >= 4 is 22.4 Å². The third-order valence-corrected chi connectivity index (χ3v) is 4.53. The van der Waals surface area contributed by atoms with Gasteiger partial charge in [0, 0.05) is 16.5 Å². The van der Waals surface area contributed by atoms with Crippen LogP contribution >= 0.6 is 11.6 Å². The summed E-state index contributed by atoms with van der Waals surface area (Å²) in [5.41, 5.74) is 1.53. The second-order valence-electron chi connectivity index (χ2n) is 5.75. The van der Waals surface area contributed by atoms with Gasteiger partial charge in [0.05, 0.1) is 0 Å². The summed E-state index contributed by atoms with van der Waals surface area (Å²) in [5.74, 6) is 0. The van der Waals surface area contributed by atoms with Gasteiger partial charge in [-0.2, -0.15) is 0 Å². The van der Waals surface area contributed by atoms with Gasteiger partial charge in [-0.3, -0.25) is 0 Å². The second kappa shape index (κ2) is 5.52. The van der Waals surface area contributed by atoms with Crippen LogP contribution in [0.1, 0.15) is 38.8 Å². The predicted molar refractivity (Wildman–Crippen MR) is 84.8 cm³/mol. The molecule has 2 aromatic carbocycles. The molecule has 0 aromatic heterocycles. The summed E-state index contributed by atoms with van der Waals surface area (Å²) in [5, 5.41) is 6.68. The average molecular weight is 276 g/mol. The Morgan fingerprint density at radius 1 is 1.11 bits per heavy atom. The molecule has 0 saturated carbocycles. The number of hydrogen-bond acceptors (Lipinski definition) is 1. The third kappa shape index (κ3) is 2.63. The van der Waals surface area contributed by atoms with Crippen molar-refractivity contribution in [3.05, 3.63) is 47.0 Å². The summed E-state index contributed by atoms with van der Waals surface area (Å²) >= 11 is 6.30. The van der Waals surface area contributed by atoms with Gasteiger partial charge in [-0.15, -0.1) is 0 Å². The number of halogens is 1. The lowest BCUT2D eigenvalue weighted by Crippen LogP contribution is -2.31. The molecule has 0 saturated heterocycles. The van der Waals surface area contributed by atoms with E-state index in [1.807, 2.05) is 19.2 Å². The van der Waals surface area contributed by atoms with Gasteiger partial charge in [-0.1, -0.05) is 62.7 Å². The minimum absolute atomic E-state index is 0.200. The van der Waals surface area contributed by atoms with E-state index in [1.165, 1.54) is 10.9 Å². The zero-order valence-corrected chi connectivity index (χ0v) is 12.9. The maximum Gasteiger partial charge on any atom is 0.0484 e. The fourth-order valence-electron chi connectivity index (χ4n) is 2.71. The Hall–Kier alpha value is -1.05. The SMILES string of the molecule is CCC(C)(C)C(NC)c1ccc(Cl)c2ccccc12. The standard InChI is InChI=1S/C17H22ClN/c1-5-17(2,3)16(19-4)14-10-11-15(18)13-9-7-6-8-12(13)14/h6-11,16,19H,5H2,1-4H3. The molecule has 1 N–H and O–H groups in total. The summed E-state index contributed by atoms with van der Waals surface area (Å²) in [7, 11) is 2.03. The topological polar surface area (TPSA) is 12.0 Å². The lowest BCUT2D eigenvalue weighted by Gasteiger charge is -2.34. The van der Waals surface area contributed by atoms with Gasteiger partial charge >= 0.3 is 0 Å². The van der Waals surface area contributed by atoms with Gasteiger partial charge in [-0.25, -0.2) is 0 Å². The van der Waals surface area contributed by atoms with E-state index in [9.17, 15) is 0 Å². The lowest BCUT2D eigenvalue weighted by molar-refractivity contribution is 0.247. The van der Waals surface area contributed by atoms with Crippen LogP contribution in [0.4, 0.5) is 0 Å². The molecular weight excluding hydrogens is 254 g/mol. The predicted octanol–water partition coefficient (Wildman–Crippen LogP) is 5.19. The molecule has 1 unspecified atom stereocenters. The minimum Gasteiger partial charge on any atom is -0.313 e. The van der Waals surface area contributed by atoms with E-state index in [2.05, 4.69) is 50.4 Å². The molecule has 0 heterocycles. The van der Waals surface area contributed by atoms with Gasteiger partial charge in [0.1, 0.15) is 0 Å². The molecule has 1 atom stereocenters. The Labute approximate surface area is 121 Å². The third-order valence-electron chi connectivity index (χ3n) is 4.20. The molecule has 0 bridgehead atoms. The summed E-state index contributed by atoms with van der Waals surface area (Å²) in [6.07, 6.45) is 1.12. The number of benzene rings is 2. The molecule has 0 aliphatic rings. The van der Waals surface area contributed by atoms with Crippen LogP contribution < -0.4 is 5.32 Å². The van der Waals surface area contributed by atoms with Gasteiger partial charge in [0.15, 0.2) is 0 Å². The number of hydrogen-bond donors (Lipinski definition) is 1. The van der Waals surface area contributed by atoms with Crippen molar-refractivity contribution in [3.8, 4) is 0 Å². The van der Waals surface area contributed by atoms with E-state index in [0.717, 1.165) is 16.8 Å². The Morgan fingerprint density at radius 3 is 2.32 bits per heavy atom. The Kier molecular flexibility index (Phi) is 4.17. The summed E-state index contributed by atoms with van der Waals surface area (Å²) < 4.78 is 0. The number of fused-ring (bicyclic) bond motifs is 1. The largest absolute Gasteiger partial charge is 0.313 e. The average Bonchev–Trinajstić information content (AvgIpc) is 2.42. The van der Waals surface area contributed by atoms with Crippen LogP contribution in [0.5, 0.6) is 0 Å². The fraction of sp³-hybridized carbons (Fsp3) is 0.412. The maximum atomic E-state index is 6.30. The van der Waals surface area contributed by atoms with E-state index >= 15 is 0 Å². The molecule has 2 heteroatoms. The summed E-state index contributed by atoms with van der Waals surface area (Å²) in [6.45, 7) is 6.84. The van der Waals surface area contributed by atoms with Crippen molar-refractivity contribution in [2.45, 2.75) is 33.2 Å².